The first-order valence-corrected chi connectivity index (χ1v) is 5.29. The lowest BCUT2D eigenvalue weighted by Gasteiger charge is -2.36. The van der Waals surface area contributed by atoms with Gasteiger partial charge in [0.15, 0.2) is 0 Å². The van der Waals surface area contributed by atoms with Crippen LogP contribution in [0.4, 0.5) is 0 Å². The molecule has 0 aliphatic carbocycles. The molecule has 2 N–H and O–H groups in total. The van der Waals surface area contributed by atoms with E-state index in [0.29, 0.717) is 0 Å². The molecule has 0 spiro atoms. The SMILES string of the molecule is C=CC(C)(CC)CC(C)(CC)CN. The summed E-state index contributed by atoms with van der Waals surface area (Å²) in [5, 5.41) is 0. The molecular weight excluding hydrogens is 158 g/mol. The van der Waals surface area contributed by atoms with Crippen LogP contribution in [-0.2, 0) is 0 Å². The van der Waals surface area contributed by atoms with Gasteiger partial charge in [0.05, 0.1) is 0 Å². The molecule has 1 heteroatoms. The summed E-state index contributed by atoms with van der Waals surface area (Å²) in [6.45, 7) is 13.7. The van der Waals surface area contributed by atoms with Gasteiger partial charge in [0.2, 0.25) is 0 Å². The van der Waals surface area contributed by atoms with Crippen LogP contribution in [-0.4, -0.2) is 6.54 Å². The van der Waals surface area contributed by atoms with Crippen LogP contribution >= 0.6 is 0 Å². The fourth-order valence-electron chi connectivity index (χ4n) is 1.66. The second-order valence-corrected chi connectivity index (χ2v) is 4.76. The minimum atomic E-state index is 0.254. The highest BCUT2D eigenvalue weighted by Gasteiger charge is 2.29. The van der Waals surface area contributed by atoms with Crippen molar-refractivity contribution >= 4 is 0 Å². The maximum Gasteiger partial charge on any atom is -0.00230 e. The highest BCUT2D eigenvalue weighted by Crippen LogP contribution is 2.38. The Morgan fingerprint density at radius 2 is 1.77 bits per heavy atom. The van der Waals surface area contributed by atoms with Gasteiger partial charge in [0.25, 0.3) is 0 Å². The van der Waals surface area contributed by atoms with Crippen LogP contribution in [0.1, 0.15) is 47.0 Å². The maximum atomic E-state index is 5.80. The van der Waals surface area contributed by atoms with Crippen molar-refractivity contribution in [1.82, 2.24) is 0 Å². The summed E-state index contributed by atoms with van der Waals surface area (Å²) in [6.07, 6.45) is 5.52. The lowest BCUT2D eigenvalue weighted by Crippen LogP contribution is -2.32. The minimum Gasteiger partial charge on any atom is -0.330 e. The molecule has 0 rings (SSSR count). The summed E-state index contributed by atoms with van der Waals surface area (Å²) in [7, 11) is 0. The van der Waals surface area contributed by atoms with Gasteiger partial charge in [-0.2, -0.15) is 0 Å². The van der Waals surface area contributed by atoms with Crippen molar-refractivity contribution in [3.63, 3.8) is 0 Å². The van der Waals surface area contributed by atoms with Crippen LogP contribution in [0.5, 0.6) is 0 Å². The highest BCUT2D eigenvalue weighted by atomic mass is 14.6. The van der Waals surface area contributed by atoms with Gasteiger partial charge in [-0.1, -0.05) is 33.8 Å². The number of hydrogen-bond donors (Lipinski definition) is 1. The second-order valence-electron chi connectivity index (χ2n) is 4.76. The number of rotatable bonds is 6. The Kier molecular flexibility index (Phi) is 4.69. The van der Waals surface area contributed by atoms with Gasteiger partial charge in [-0.15, -0.1) is 6.58 Å². The van der Waals surface area contributed by atoms with Crippen LogP contribution < -0.4 is 5.73 Å². The molecule has 1 nitrogen and oxygen atoms in total. The van der Waals surface area contributed by atoms with E-state index in [1.165, 1.54) is 0 Å². The fourth-order valence-corrected chi connectivity index (χ4v) is 1.66. The van der Waals surface area contributed by atoms with Crippen molar-refractivity contribution in [2.24, 2.45) is 16.6 Å². The van der Waals surface area contributed by atoms with E-state index in [-0.39, 0.29) is 10.8 Å². The Morgan fingerprint density at radius 3 is 2.00 bits per heavy atom. The standard InChI is InChI=1S/C12H25N/c1-6-11(4,7-2)9-12(5,8-3)10-13/h6H,1,7-10,13H2,2-5H3. The smallest absolute Gasteiger partial charge is 0.00230 e. The Morgan fingerprint density at radius 1 is 1.23 bits per heavy atom. The number of hydrogen-bond acceptors (Lipinski definition) is 1. The van der Waals surface area contributed by atoms with Gasteiger partial charge in [-0.3, -0.25) is 0 Å². The average Bonchev–Trinajstić information content (AvgIpc) is 2.17. The van der Waals surface area contributed by atoms with Crippen LogP contribution in [0.2, 0.25) is 0 Å². The molecule has 0 aliphatic rings. The quantitative estimate of drug-likeness (QED) is 0.628. The normalized spacial score (nSPS) is 20.4. The van der Waals surface area contributed by atoms with Crippen molar-refractivity contribution in [2.45, 2.75) is 47.0 Å². The Hall–Kier alpha value is -0.300. The summed E-state index contributed by atoms with van der Waals surface area (Å²) in [6, 6.07) is 0. The molecule has 0 bridgehead atoms. The van der Waals surface area contributed by atoms with Crippen LogP contribution in [0.25, 0.3) is 0 Å². The monoisotopic (exact) mass is 183 g/mol. The molecule has 0 aromatic carbocycles. The molecule has 0 aliphatic heterocycles. The van der Waals surface area contributed by atoms with E-state index in [9.17, 15) is 0 Å². The minimum absolute atomic E-state index is 0.254. The Balaban J connectivity index is 4.45. The van der Waals surface area contributed by atoms with Crippen LogP contribution in [0.3, 0.4) is 0 Å². The molecular formula is C12H25N. The molecule has 2 unspecified atom stereocenters. The zero-order valence-corrected chi connectivity index (χ0v) is 9.69. The predicted octanol–water partition coefficient (Wildman–Crippen LogP) is 3.35. The van der Waals surface area contributed by atoms with Gasteiger partial charge >= 0.3 is 0 Å². The molecule has 0 fully saturated rings. The second kappa shape index (κ2) is 4.80. The fraction of sp³-hybridized carbons (Fsp3) is 0.833. The third-order valence-corrected chi connectivity index (χ3v) is 3.48. The molecule has 0 saturated carbocycles. The third kappa shape index (κ3) is 3.51. The molecule has 0 amide bonds. The summed E-state index contributed by atoms with van der Waals surface area (Å²) in [5.41, 5.74) is 6.33. The highest BCUT2D eigenvalue weighted by molar-refractivity contribution is 4.95. The molecule has 13 heavy (non-hydrogen) atoms. The number of nitrogens with two attached hydrogens (primary N) is 1. The first-order valence-electron chi connectivity index (χ1n) is 5.29. The van der Waals surface area contributed by atoms with E-state index < -0.39 is 0 Å². The summed E-state index contributed by atoms with van der Waals surface area (Å²) in [4.78, 5) is 0. The molecule has 0 radical (unpaired) electrons. The molecule has 0 saturated heterocycles. The van der Waals surface area contributed by atoms with E-state index in [1.807, 2.05) is 0 Å². The van der Waals surface area contributed by atoms with Crippen LogP contribution in [0.15, 0.2) is 12.7 Å². The van der Waals surface area contributed by atoms with Gasteiger partial charge in [-0.05, 0) is 36.6 Å². The predicted molar refractivity (Wildman–Crippen MR) is 60.7 cm³/mol. The van der Waals surface area contributed by atoms with Crippen molar-refractivity contribution in [2.75, 3.05) is 6.54 Å². The van der Waals surface area contributed by atoms with Crippen LogP contribution in [0, 0.1) is 10.8 Å². The molecule has 0 aromatic rings. The largest absolute Gasteiger partial charge is 0.330 e. The first-order chi connectivity index (χ1) is 5.95. The third-order valence-electron chi connectivity index (χ3n) is 3.48. The van der Waals surface area contributed by atoms with Crippen molar-refractivity contribution in [3.05, 3.63) is 12.7 Å². The summed E-state index contributed by atoms with van der Waals surface area (Å²) >= 11 is 0. The summed E-state index contributed by atoms with van der Waals surface area (Å²) < 4.78 is 0. The molecule has 78 valence electrons. The van der Waals surface area contributed by atoms with Crippen molar-refractivity contribution in [3.8, 4) is 0 Å². The Labute approximate surface area is 83.4 Å². The van der Waals surface area contributed by atoms with E-state index in [2.05, 4.69) is 40.3 Å². The van der Waals surface area contributed by atoms with Crippen molar-refractivity contribution < 1.29 is 0 Å². The Bertz CT molecular complexity index is 159. The van der Waals surface area contributed by atoms with E-state index in [4.69, 9.17) is 5.73 Å². The lowest BCUT2D eigenvalue weighted by atomic mass is 9.70. The average molecular weight is 183 g/mol. The van der Waals surface area contributed by atoms with Gasteiger partial charge in [0.1, 0.15) is 0 Å². The molecule has 0 heterocycles. The molecule has 2 atom stereocenters. The zero-order valence-electron chi connectivity index (χ0n) is 9.69. The van der Waals surface area contributed by atoms with E-state index >= 15 is 0 Å². The van der Waals surface area contributed by atoms with Crippen molar-refractivity contribution in [1.29, 1.82) is 0 Å². The first kappa shape index (κ1) is 12.7. The van der Waals surface area contributed by atoms with Gasteiger partial charge in [0, 0.05) is 0 Å². The van der Waals surface area contributed by atoms with E-state index in [1.54, 1.807) is 0 Å². The lowest BCUT2D eigenvalue weighted by molar-refractivity contribution is 0.195. The summed E-state index contributed by atoms with van der Waals surface area (Å²) in [5.74, 6) is 0. The molecule has 0 aromatic heterocycles. The number of allylic oxidation sites excluding steroid dienone is 1. The van der Waals surface area contributed by atoms with Gasteiger partial charge < -0.3 is 5.73 Å². The topological polar surface area (TPSA) is 26.0 Å². The van der Waals surface area contributed by atoms with E-state index in [0.717, 1.165) is 25.8 Å². The maximum absolute atomic E-state index is 5.80. The zero-order chi connectivity index (χ0) is 10.5. The van der Waals surface area contributed by atoms with Gasteiger partial charge in [-0.25, -0.2) is 0 Å².